The van der Waals surface area contributed by atoms with Gasteiger partial charge in [-0.1, -0.05) is 29.8 Å². The summed E-state index contributed by atoms with van der Waals surface area (Å²) in [5.74, 6) is -0.832. The third-order valence-corrected chi connectivity index (χ3v) is 5.22. The molecule has 0 saturated heterocycles. The van der Waals surface area contributed by atoms with Gasteiger partial charge < -0.3 is 0 Å². The number of para-hydroxylation sites is 1. The van der Waals surface area contributed by atoms with Crippen LogP contribution in [0.15, 0.2) is 53.4 Å². The zero-order valence-corrected chi connectivity index (χ0v) is 12.5. The zero-order chi connectivity index (χ0) is 15.9. The molecule has 0 N–H and O–H groups in total. The van der Waals surface area contributed by atoms with Gasteiger partial charge in [0.1, 0.15) is 5.69 Å². The van der Waals surface area contributed by atoms with E-state index in [9.17, 15) is 17.6 Å². The molecule has 0 bridgehead atoms. The summed E-state index contributed by atoms with van der Waals surface area (Å²) in [5, 5.41) is 0.0975. The van der Waals surface area contributed by atoms with Gasteiger partial charge in [-0.05, 0) is 31.2 Å². The fourth-order valence-electron chi connectivity index (χ4n) is 2.37. The maximum Gasteiger partial charge on any atom is 0.268 e. The van der Waals surface area contributed by atoms with Crippen LogP contribution in [0.1, 0.15) is 16.1 Å². The average Bonchev–Trinajstić information content (AvgIpc) is 2.81. The Hall–Kier alpha value is -2.47. The predicted molar refractivity (Wildman–Crippen MR) is 81.0 cm³/mol. The first-order valence-corrected chi connectivity index (χ1v) is 7.97. The minimum atomic E-state index is -4.06. The molecule has 0 unspecified atom stereocenters. The van der Waals surface area contributed by atoms with Gasteiger partial charge in [-0.25, -0.2) is 16.8 Å². The molecule has 0 saturated carbocycles. The first kappa shape index (κ1) is 14.5. The van der Waals surface area contributed by atoms with E-state index < -0.39 is 21.5 Å². The van der Waals surface area contributed by atoms with Crippen molar-refractivity contribution in [3.63, 3.8) is 0 Å². The SMILES string of the molecule is Cc1ccc(S(=O)(=O)n2c(C=O)c(F)c3ccccc32)cc1. The predicted octanol–water partition coefficient (Wildman–Crippen LogP) is 3.14. The molecule has 0 fully saturated rings. The van der Waals surface area contributed by atoms with Crippen molar-refractivity contribution in [3.05, 3.63) is 65.6 Å². The van der Waals surface area contributed by atoms with E-state index in [1.165, 1.54) is 24.3 Å². The van der Waals surface area contributed by atoms with Crippen molar-refractivity contribution in [2.45, 2.75) is 11.8 Å². The Morgan fingerprint density at radius 1 is 1.05 bits per heavy atom. The summed E-state index contributed by atoms with van der Waals surface area (Å²) in [7, 11) is -4.06. The van der Waals surface area contributed by atoms with Crippen LogP contribution in [0.5, 0.6) is 0 Å². The van der Waals surface area contributed by atoms with Gasteiger partial charge >= 0.3 is 0 Å². The number of hydrogen-bond donors (Lipinski definition) is 0. The minimum Gasteiger partial charge on any atom is -0.296 e. The molecule has 4 nitrogen and oxygen atoms in total. The molecule has 1 heterocycles. The van der Waals surface area contributed by atoms with Crippen LogP contribution in [0.25, 0.3) is 10.9 Å². The number of rotatable bonds is 3. The third-order valence-electron chi connectivity index (χ3n) is 3.47. The van der Waals surface area contributed by atoms with Crippen LogP contribution in [-0.4, -0.2) is 18.7 Å². The maximum atomic E-state index is 14.3. The van der Waals surface area contributed by atoms with Crippen LogP contribution in [0.4, 0.5) is 4.39 Å². The van der Waals surface area contributed by atoms with Crippen LogP contribution < -0.4 is 0 Å². The van der Waals surface area contributed by atoms with E-state index >= 15 is 0 Å². The van der Waals surface area contributed by atoms with E-state index in [1.807, 2.05) is 6.92 Å². The molecular weight excluding hydrogens is 305 g/mol. The highest BCUT2D eigenvalue weighted by Gasteiger charge is 2.26. The number of aryl methyl sites for hydroxylation is 1. The summed E-state index contributed by atoms with van der Waals surface area (Å²) in [6.45, 7) is 1.83. The van der Waals surface area contributed by atoms with E-state index in [0.717, 1.165) is 9.54 Å². The van der Waals surface area contributed by atoms with Crippen molar-refractivity contribution in [2.24, 2.45) is 0 Å². The largest absolute Gasteiger partial charge is 0.296 e. The summed E-state index contributed by atoms with van der Waals surface area (Å²) in [4.78, 5) is 11.2. The van der Waals surface area contributed by atoms with E-state index in [0.29, 0.717) is 0 Å². The van der Waals surface area contributed by atoms with Gasteiger partial charge in [0, 0.05) is 5.39 Å². The number of fused-ring (bicyclic) bond motifs is 1. The number of halogens is 1. The van der Waals surface area contributed by atoms with E-state index in [2.05, 4.69) is 0 Å². The molecular formula is C16H12FNO3S. The lowest BCUT2D eigenvalue weighted by Crippen LogP contribution is -2.16. The van der Waals surface area contributed by atoms with Gasteiger partial charge in [0.05, 0.1) is 10.4 Å². The van der Waals surface area contributed by atoms with Crippen LogP contribution in [0, 0.1) is 12.7 Å². The molecule has 0 atom stereocenters. The van der Waals surface area contributed by atoms with E-state index in [1.54, 1.807) is 24.3 Å². The van der Waals surface area contributed by atoms with Crippen molar-refractivity contribution in [1.29, 1.82) is 0 Å². The number of hydrogen-bond acceptors (Lipinski definition) is 3. The first-order valence-electron chi connectivity index (χ1n) is 6.53. The summed E-state index contributed by atoms with van der Waals surface area (Å²) in [6.07, 6.45) is 0.223. The lowest BCUT2D eigenvalue weighted by molar-refractivity contribution is 0.111. The van der Waals surface area contributed by atoms with Crippen LogP contribution >= 0.6 is 0 Å². The molecule has 3 aromatic rings. The van der Waals surface area contributed by atoms with Crippen molar-refractivity contribution < 1.29 is 17.6 Å². The first-order chi connectivity index (χ1) is 10.5. The molecule has 0 aliphatic rings. The highest BCUT2D eigenvalue weighted by molar-refractivity contribution is 7.90. The average molecular weight is 317 g/mol. The molecule has 1 aromatic heterocycles. The number of nitrogens with zero attached hydrogens (tertiary/aromatic N) is 1. The molecule has 0 amide bonds. The number of benzene rings is 2. The van der Waals surface area contributed by atoms with Gasteiger partial charge in [0.15, 0.2) is 12.1 Å². The Labute approximate surface area is 126 Å². The highest BCUT2D eigenvalue weighted by atomic mass is 32.2. The Morgan fingerprint density at radius 2 is 1.68 bits per heavy atom. The number of aldehydes is 1. The van der Waals surface area contributed by atoms with Crippen LogP contribution in [-0.2, 0) is 10.0 Å². The molecule has 112 valence electrons. The lowest BCUT2D eigenvalue weighted by Gasteiger charge is -2.09. The van der Waals surface area contributed by atoms with E-state index in [4.69, 9.17) is 0 Å². The topological polar surface area (TPSA) is 56.1 Å². The number of aromatic nitrogens is 1. The standard InChI is InChI=1S/C16H12FNO3S/c1-11-6-8-12(9-7-11)22(20,21)18-14-5-3-2-4-13(14)16(17)15(18)10-19/h2-10H,1H3. The molecule has 0 aliphatic carbocycles. The fraction of sp³-hybridized carbons (Fsp3) is 0.0625. The monoisotopic (exact) mass is 317 g/mol. The minimum absolute atomic E-state index is 0.00181. The second-order valence-corrected chi connectivity index (χ2v) is 6.70. The Bertz CT molecular complexity index is 973. The summed E-state index contributed by atoms with van der Waals surface area (Å²) < 4.78 is 40.6. The number of carbonyl (C=O) groups excluding carboxylic acids is 1. The molecule has 3 rings (SSSR count). The number of carbonyl (C=O) groups is 1. The fourth-order valence-corrected chi connectivity index (χ4v) is 3.86. The second-order valence-electron chi connectivity index (χ2n) is 4.92. The lowest BCUT2D eigenvalue weighted by atomic mass is 10.2. The van der Waals surface area contributed by atoms with Gasteiger partial charge in [0.25, 0.3) is 10.0 Å². The zero-order valence-electron chi connectivity index (χ0n) is 11.7. The second kappa shape index (κ2) is 5.06. The van der Waals surface area contributed by atoms with Gasteiger partial charge in [-0.15, -0.1) is 0 Å². The van der Waals surface area contributed by atoms with E-state index in [-0.39, 0.29) is 22.1 Å². The van der Waals surface area contributed by atoms with Crippen LogP contribution in [0.3, 0.4) is 0 Å². The van der Waals surface area contributed by atoms with Gasteiger partial charge in [0.2, 0.25) is 0 Å². The highest BCUT2D eigenvalue weighted by Crippen LogP contribution is 2.28. The van der Waals surface area contributed by atoms with Crippen molar-refractivity contribution in [2.75, 3.05) is 0 Å². The third kappa shape index (κ3) is 2.03. The smallest absolute Gasteiger partial charge is 0.268 e. The molecule has 0 spiro atoms. The summed E-state index contributed by atoms with van der Waals surface area (Å²) in [5.41, 5.74) is 0.544. The van der Waals surface area contributed by atoms with Crippen molar-refractivity contribution in [1.82, 2.24) is 3.97 Å². The van der Waals surface area contributed by atoms with Crippen molar-refractivity contribution >= 4 is 27.2 Å². The Morgan fingerprint density at radius 3 is 2.32 bits per heavy atom. The Balaban J connectivity index is 2.38. The molecule has 2 aromatic carbocycles. The molecule has 0 aliphatic heterocycles. The normalized spacial score (nSPS) is 11.7. The van der Waals surface area contributed by atoms with Gasteiger partial charge in [-0.3, -0.25) is 4.79 Å². The summed E-state index contributed by atoms with van der Waals surface area (Å²) in [6, 6.07) is 12.3. The quantitative estimate of drug-likeness (QED) is 0.697. The molecule has 22 heavy (non-hydrogen) atoms. The summed E-state index contributed by atoms with van der Waals surface area (Å²) >= 11 is 0. The van der Waals surface area contributed by atoms with Crippen molar-refractivity contribution in [3.8, 4) is 0 Å². The molecule has 0 radical (unpaired) electrons. The Kier molecular flexibility index (Phi) is 3.33. The molecule has 6 heteroatoms. The maximum absolute atomic E-state index is 14.3. The van der Waals surface area contributed by atoms with Gasteiger partial charge in [-0.2, -0.15) is 0 Å². The van der Waals surface area contributed by atoms with Crippen LogP contribution in [0.2, 0.25) is 0 Å².